The number of fused-ring (bicyclic) bond motifs is 1. The highest BCUT2D eigenvalue weighted by atomic mass is 19.1. The van der Waals surface area contributed by atoms with Crippen LogP contribution in [0.2, 0.25) is 0 Å². The number of aromatic amines is 1. The Balaban J connectivity index is 1.57. The summed E-state index contributed by atoms with van der Waals surface area (Å²) in [5, 5.41) is 20.0. The number of nitrogens with zero attached hydrogens (tertiary/aromatic N) is 5. The molecule has 0 amide bonds. The Labute approximate surface area is 206 Å². The maximum atomic E-state index is 15.5. The minimum absolute atomic E-state index is 0.168. The van der Waals surface area contributed by atoms with Gasteiger partial charge in [0, 0.05) is 6.07 Å². The van der Waals surface area contributed by atoms with Gasteiger partial charge in [-0.3, -0.25) is 9.98 Å². The zero-order chi connectivity index (χ0) is 25.3. The lowest BCUT2D eigenvalue weighted by Gasteiger charge is -2.22. The van der Waals surface area contributed by atoms with E-state index in [9.17, 15) is 9.65 Å². The fraction of sp³-hybridized carbons (Fsp3) is 0.400. The van der Waals surface area contributed by atoms with Crippen molar-refractivity contribution in [3.05, 3.63) is 59.4 Å². The zero-order valence-electron chi connectivity index (χ0n) is 19.8. The van der Waals surface area contributed by atoms with E-state index in [1.165, 1.54) is 18.3 Å². The molecule has 0 bridgehead atoms. The van der Waals surface area contributed by atoms with Gasteiger partial charge >= 0.3 is 0 Å². The highest BCUT2D eigenvalue weighted by molar-refractivity contribution is 6.47. The van der Waals surface area contributed by atoms with E-state index in [1.54, 1.807) is 16.8 Å². The topological polar surface area (TPSA) is 129 Å². The van der Waals surface area contributed by atoms with Crippen molar-refractivity contribution in [2.75, 3.05) is 13.1 Å². The molecule has 9 nitrogen and oxygen atoms in total. The second-order valence-electron chi connectivity index (χ2n) is 9.22. The number of halogens is 2. The van der Waals surface area contributed by atoms with Crippen LogP contribution in [0.4, 0.5) is 8.78 Å². The molecule has 1 aliphatic heterocycles. The van der Waals surface area contributed by atoms with Crippen LogP contribution in [-0.2, 0) is 0 Å². The van der Waals surface area contributed by atoms with Crippen LogP contribution in [0, 0.1) is 17.1 Å². The number of hydrazone groups is 1. The monoisotopic (exact) mass is 493 g/mol. The molecule has 0 radical (unpaired) electrons. The van der Waals surface area contributed by atoms with E-state index < -0.39 is 17.6 Å². The molecule has 1 atom stereocenters. The minimum atomic E-state index is -1.64. The first kappa shape index (κ1) is 23.8. The summed E-state index contributed by atoms with van der Waals surface area (Å²) in [6.07, 6.45) is 5.66. The molecule has 4 N–H and O–H groups in total. The first-order valence-corrected chi connectivity index (χ1v) is 11.9. The number of H-pyrrole nitrogens is 1. The number of nitrogens with one attached hydrogen (secondary N) is 2. The molecule has 0 spiro atoms. The molecule has 1 saturated heterocycles. The molecule has 0 aromatic carbocycles. The lowest BCUT2D eigenvalue weighted by atomic mass is 10.0. The lowest BCUT2D eigenvalue weighted by molar-refractivity contribution is -0.577. The van der Waals surface area contributed by atoms with Crippen molar-refractivity contribution in [3.8, 4) is 11.8 Å². The van der Waals surface area contributed by atoms with Crippen molar-refractivity contribution >= 4 is 16.9 Å². The lowest BCUT2D eigenvalue weighted by Crippen LogP contribution is -2.32. The average molecular weight is 494 g/mol. The number of aliphatic imine (C=N–C) groups is 1. The first-order valence-electron chi connectivity index (χ1n) is 11.9. The molecule has 1 unspecified atom stereocenters. The van der Waals surface area contributed by atoms with Gasteiger partial charge in [-0.1, -0.05) is 4.52 Å². The second kappa shape index (κ2) is 9.62. The number of piperidine rings is 1. The maximum Gasteiger partial charge on any atom is 0.296 e. The van der Waals surface area contributed by atoms with Crippen LogP contribution in [0.25, 0.3) is 5.52 Å². The average Bonchev–Trinajstić information content (AvgIpc) is 3.49. The number of ether oxygens (including phenoxy) is 1. The first-order chi connectivity index (χ1) is 17.4. The van der Waals surface area contributed by atoms with E-state index in [0.717, 1.165) is 32.1 Å². The number of pyridine rings is 2. The van der Waals surface area contributed by atoms with E-state index in [0.29, 0.717) is 40.9 Å². The Hall–Kier alpha value is -3.91. The van der Waals surface area contributed by atoms with E-state index in [4.69, 9.17) is 15.6 Å². The fourth-order valence-corrected chi connectivity index (χ4v) is 4.57. The molecule has 36 heavy (non-hydrogen) atoms. The standard InChI is InChI=1S/C25H26F2N8O/c1-15(33-19-4-8-30-9-5-19)22(34-29)16-10-21(23-17(11-28)12-32-35(23)14-16)36-24(25(27)6-7-25)20-3-2-18(26)13-31-20/h2-3,10,12-14,19,24,30H,4-9H2,1H3,(H2,29,33)/p+1. The molecule has 3 aromatic rings. The zero-order valence-corrected chi connectivity index (χ0v) is 19.8. The maximum absolute atomic E-state index is 15.5. The van der Waals surface area contributed by atoms with Crippen molar-refractivity contribution in [3.63, 3.8) is 0 Å². The Morgan fingerprint density at radius 3 is 2.78 bits per heavy atom. The minimum Gasteiger partial charge on any atom is -0.474 e. The molecule has 2 fully saturated rings. The SMILES string of the molecule is CC(=NC1CCNCC1)/C(=N\N)c1cc(OC(c2ccc(F)cn2)C2(F)CC2)c2c(C#N)c[nH][n+]2c1. The van der Waals surface area contributed by atoms with Crippen molar-refractivity contribution in [2.45, 2.75) is 50.4 Å². The Morgan fingerprint density at radius 1 is 1.36 bits per heavy atom. The van der Waals surface area contributed by atoms with Crippen LogP contribution in [0.3, 0.4) is 0 Å². The van der Waals surface area contributed by atoms with Gasteiger partial charge < -0.3 is 15.9 Å². The van der Waals surface area contributed by atoms with Crippen molar-refractivity contribution in [1.29, 1.82) is 5.26 Å². The molecule has 3 aromatic heterocycles. The van der Waals surface area contributed by atoms with E-state index >= 15 is 4.39 Å². The normalized spacial score (nSPS) is 19.2. The van der Waals surface area contributed by atoms with Crippen LogP contribution in [0.5, 0.6) is 5.75 Å². The van der Waals surface area contributed by atoms with Gasteiger partial charge in [-0.05, 0) is 57.8 Å². The van der Waals surface area contributed by atoms with Gasteiger partial charge in [0.15, 0.2) is 23.1 Å². The predicted octanol–water partition coefficient (Wildman–Crippen LogP) is 2.66. The third kappa shape index (κ3) is 4.64. The third-order valence-electron chi connectivity index (χ3n) is 6.64. The van der Waals surface area contributed by atoms with Crippen molar-refractivity contribution < 1.29 is 18.0 Å². The van der Waals surface area contributed by atoms with E-state index in [-0.39, 0.29) is 17.5 Å². The van der Waals surface area contributed by atoms with Gasteiger partial charge in [0.25, 0.3) is 5.52 Å². The van der Waals surface area contributed by atoms with Gasteiger partial charge in [0.1, 0.15) is 17.6 Å². The molecular weight excluding hydrogens is 466 g/mol. The Morgan fingerprint density at radius 2 is 2.14 bits per heavy atom. The fourth-order valence-electron chi connectivity index (χ4n) is 4.57. The summed E-state index contributed by atoms with van der Waals surface area (Å²) in [5.41, 5.74) is 1.09. The number of alkyl halides is 1. The predicted molar refractivity (Wildman–Crippen MR) is 129 cm³/mol. The van der Waals surface area contributed by atoms with Crippen molar-refractivity contribution in [1.82, 2.24) is 15.4 Å². The largest absolute Gasteiger partial charge is 0.474 e. The summed E-state index contributed by atoms with van der Waals surface area (Å²) >= 11 is 0. The number of rotatable bonds is 7. The molecule has 2 aliphatic rings. The smallest absolute Gasteiger partial charge is 0.296 e. The van der Waals surface area contributed by atoms with Crippen LogP contribution in [-0.4, -0.2) is 46.3 Å². The van der Waals surface area contributed by atoms with E-state index in [1.807, 2.05) is 6.92 Å². The van der Waals surface area contributed by atoms with Crippen molar-refractivity contribution in [2.24, 2.45) is 15.9 Å². The quantitative estimate of drug-likeness (QED) is 0.202. The number of nitrogens with two attached hydrogens (primary N) is 1. The summed E-state index contributed by atoms with van der Waals surface area (Å²) in [7, 11) is 0. The molecule has 186 valence electrons. The molecule has 4 heterocycles. The Bertz CT molecular complexity index is 1370. The summed E-state index contributed by atoms with van der Waals surface area (Å²) in [4.78, 5) is 8.90. The third-order valence-corrected chi connectivity index (χ3v) is 6.64. The van der Waals surface area contributed by atoms with Crippen LogP contribution >= 0.6 is 0 Å². The molecule has 1 aliphatic carbocycles. The molecule has 11 heteroatoms. The van der Waals surface area contributed by atoms with Gasteiger partial charge in [-0.25, -0.2) is 8.78 Å². The van der Waals surface area contributed by atoms with Gasteiger partial charge in [-0.2, -0.15) is 15.5 Å². The summed E-state index contributed by atoms with van der Waals surface area (Å²) in [6, 6.07) is 6.62. The van der Waals surface area contributed by atoms with Gasteiger partial charge in [0.2, 0.25) is 6.20 Å². The van der Waals surface area contributed by atoms with Gasteiger partial charge in [0.05, 0.1) is 35.4 Å². The number of hydrogen-bond acceptors (Lipinski definition) is 7. The molecule has 1 saturated carbocycles. The number of nitriles is 1. The summed E-state index contributed by atoms with van der Waals surface area (Å²) in [5.74, 6) is 5.53. The van der Waals surface area contributed by atoms with E-state index in [2.05, 4.69) is 26.6 Å². The van der Waals surface area contributed by atoms with Crippen LogP contribution < -0.4 is 20.4 Å². The summed E-state index contributed by atoms with van der Waals surface area (Å²) < 4.78 is 36.8. The molecular formula is C25H27F2N8O+. The number of aromatic nitrogens is 3. The molecule has 5 rings (SSSR count). The van der Waals surface area contributed by atoms with Crippen LogP contribution in [0.1, 0.15) is 55.5 Å². The highest BCUT2D eigenvalue weighted by Crippen LogP contribution is 2.51. The van der Waals surface area contributed by atoms with Gasteiger partial charge in [-0.15, -0.1) is 0 Å². The highest BCUT2D eigenvalue weighted by Gasteiger charge is 2.54. The summed E-state index contributed by atoms with van der Waals surface area (Å²) in [6.45, 7) is 3.66. The second-order valence-corrected chi connectivity index (χ2v) is 9.22. The van der Waals surface area contributed by atoms with Crippen LogP contribution in [0.15, 0.2) is 46.9 Å². The Kier molecular flexibility index (Phi) is 6.36. The number of hydrogen-bond donors (Lipinski definition) is 3.